The summed E-state index contributed by atoms with van der Waals surface area (Å²) >= 11 is 0. The lowest BCUT2D eigenvalue weighted by molar-refractivity contribution is -0.129. The zero-order chi connectivity index (χ0) is 27.6. The summed E-state index contributed by atoms with van der Waals surface area (Å²) in [7, 11) is 3.23. The van der Waals surface area contributed by atoms with Crippen molar-refractivity contribution < 1.29 is 19.1 Å². The second-order valence-corrected chi connectivity index (χ2v) is 9.33. The van der Waals surface area contributed by atoms with Crippen molar-refractivity contribution >= 4 is 52.3 Å². The molecule has 0 saturated carbocycles. The van der Waals surface area contributed by atoms with E-state index in [0.717, 1.165) is 16.3 Å². The Morgan fingerprint density at radius 2 is 1.85 bits per heavy atom. The zero-order valence-electron chi connectivity index (χ0n) is 22.5. The second-order valence-electron chi connectivity index (χ2n) is 9.33. The first-order valence-electron chi connectivity index (χ1n) is 12.4. The highest BCUT2D eigenvalue weighted by atomic mass is 35.5. The molecule has 0 spiro atoms. The summed E-state index contributed by atoms with van der Waals surface area (Å²) in [6, 6.07) is 16.3. The average molecular weight is 550 g/mol. The molecule has 0 fully saturated rings. The van der Waals surface area contributed by atoms with E-state index < -0.39 is 18.1 Å². The second kappa shape index (κ2) is 12.2. The molecule has 3 aromatic carbocycles. The van der Waals surface area contributed by atoms with Crippen LogP contribution in [-0.2, 0) is 20.9 Å². The van der Waals surface area contributed by atoms with Crippen LogP contribution in [0.15, 0.2) is 54.6 Å². The summed E-state index contributed by atoms with van der Waals surface area (Å²) in [5, 5.41) is 17.2. The summed E-state index contributed by atoms with van der Waals surface area (Å²) in [6.07, 6.45) is 0. The van der Waals surface area contributed by atoms with Crippen molar-refractivity contribution in [3.05, 3.63) is 65.7 Å². The van der Waals surface area contributed by atoms with Gasteiger partial charge in [-0.25, -0.2) is 0 Å². The first kappa shape index (κ1) is 29.4. The van der Waals surface area contributed by atoms with E-state index in [0.29, 0.717) is 22.7 Å². The molecule has 1 heterocycles. The maximum Gasteiger partial charge on any atom is 0.252 e. The van der Waals surface area contributed by atoms with Crippen molar-refractivity contribution in [1.29, 1.82) is 5.26 Å². The molecule has 3 atom stereocenters. The van der Waals surface area contributed by atoms with Gasteiger partial charge in [0, 0.05) is 12.5 Å². The standard InChI is InChI=1S/C29H31N5O4.ClH/c1-17(31-4)28(36)32-27-18(2)34(19(3)35)25-14-20(15-30)10-12-24(25)33(29(27)37)16-23-22-9-7-6-8-21(22)11-13-26(23)38-5;/h6-14,17-18,27,31H,16H2,1-5H3,(H,32,36);1H/t17-,18-,27-;/m0./s1. The molecule has 3 aromatic rings. The zero-order valence-corrected chi connectivity index (χ0v) is 23.3. The number of hydrogen-bond donors (Lipinski definition) is 2. The SMILES string of the molecule is CN[C@@H](C)C(=O)N[C@@H]1C(=O)N(Cc2c(OC)ccc3ccccc23)c2ccc(C#N)cc2N(C(C)=O)[C@H]1C.Cl. The Kier molecular flexibility index (Phi) is 9.17. The van der Waals surface area contributed by atoms with Gasteiger partial charge < -0.3 is 25.2 Å². The van der Waals surface area contributed by atoms with E-state index in [2.05, 4.69) is 16.7 Å². The average Bonchev–Trinajstić information content (AvgIpc) is 3.00. The van der Waals surface area contributed by atoms with Crippen molar-refractivity contribution in [2.45, 2.75) is 45.4 Å². The highest BCUT2D eigenvalue weighted by molar-refractivity contribution is 6.09. The number of nitrogens with zero attached hydrogens (tertiary/aromatic N) is 3. The van der Waals surface area contributed by atoms with Crippen LogP contribution in [0.3, 0.4) is 0 Å². The molecule has 204 valence electrons. The topological polar surface area (TPSA) is 115 Å². The van der Waals surface area contributed by atoms with E-state index in [-0.39, 0.29) is 36.7 Å². The van der Waals surface area contributed by atoms with Crippen LogP contribution in [0.25, 0.3) is 10.8 Å². The van der Waals surface area contributed by atoms with Crippen molar-refractivity contribution in [3.8, 4) is 11.8 Å². The minimum absolute atomic E-state index is 0. The molecule has 0 radical (unpaired) electrons. The number of benzene rings is 3. The molecule has 0 saturated heterocycles. The van der Waals surface area contributed by atoms with Gasteiger partial charge in [-0.2, -0.15) is 5.26 Å². The molecule has 0 unspecified atom stereocenters. The molecule has 39 heavy (non-hydrogen) atoms. The Labute approximate surface area is 234 Å². The predicted octanol–water partition coefficient (Wildman–Crippen LogP) is 3.52. The number of carbonyl (C=O) groups excluding carboxylic acids is 3. The molecule has 0 bridgehead atoms. The molecule has 4 rings (SSSR count). The molecule has 2 N–H and O–H groups in total. The van der Waals surface area contributed by atoms with Gasteiger partial charge in [0.05, 0.1) is 48.7 Å². The van der Waals surface area contributed by atoms with E-state index in [1.54, 1.807) is 51.1 Å². The van der Waals surface area contributed by atoms with Crippen LogP contribution in [-0.4, -0.2) is 50.0 Å². The van der Waals surface area contributed by atoms with E-state index in [4.69, 9.17) is 4.74 Å². The monoisotopic (exact) mass is 549 g/mol. The molecule has 9 nitrogen and oxygen atoms in total. The molecule has 0 aliphatic carbocycles. The number of halogens is 1. The third-order valence-corrected chi connectivity index (χ3v) is 7.07. The molecule has 0 aromatic heterocycles. The van der Waals surface area contributed by atoms with Gasteiger partial charge in [0.15, 0.2) is 0 Å². The lowest BCUT2D eigenvalue weighted by Gasteiger charge is -2.32. The summed E-state index contributed by atoms with van der Waals surface area (Å²) in [4.78, 5) is 43.2. The van der Waals surface area contributed by atoms with Gasteiger partial charge in [-0.15, -0.1) is 12.4 Å². The Morgan fingerprint density at radius 3 is 2.49 bits per heavy atom. The van der Waals surface area contributed by atoms with Crippen molar-refractivity contribution in [2.24, 2.45) is 0 Å². The highest BCUT2D eigenvalue weighted by Crippen LogP contribution is 2.39. The van der Waals surface area contributed by atoms with Crippen LogP contribution in [0.5, 0.6) is 5.75 Å². The van der Waals surface area contributed by atoms with Gasteiger partial charge in [-0.05, 0) is 55.9 Å². The number of likely N-dealkylation sites (N-methyl/N-ethyl adjacent to an activating group) is 1. The van der Waals surface area contributed by atoms with Gasteiger partial charge >= 0.3 is 0 Å². The number of fused-ring (bicyclic) bond motifs is 2. The third kappa shape index (κ3) is 5.53. The number of anilines is 2. The van der Waals surface area contributed by atoms with Crippen molar-refractivity contribution in [2.75, 3.05) is 24.0 Å². The predicted molar refractivity (Wildman–Crippen MR) is 153 cm³/mol. The molecule has 10 heteroatoms. The van der Waals surface area contributed by atoms with E-state index in [9.17, 15) is 19.6 Å². The fraction of sp³-hybridized carbons (Fsp3) is 0.310. The third-order valence-electron chi connectivity index (χ3n) is 7.07. The normalized spacial score (nSPS) is 17.4. The molecule has 1 aliphatic rings. The first-order chi connectivity index (χ1) is 18.2. The van der Waals surface area contributed by atoms with Gasteiger partial charge in [0.25, 0.3) is 5.91 Å². The number of nitrogens with one attached hydrogen (secondary N) is 2. The van der Waals surface area contributed by atoms with Crippen molar-refractivity contribution in [3.63, 3.8) is 0 Å². The largest absolute Gasteiger partial charge is 0.496 e. The lowest BCUT2D eigenvalue weighted by atomic mass is 10.0. The van der Waals surface area contributed by atoms with Crippen LogP contribution in [0.1, 0.15) is 31.9 Å². The fourth-order valence-corrected chi connectivity index (χ4v) is 4.92. The Morgan fingerprint density at radius 1 is 1.13 bits per heavy atom. The Balaban J connectivity index is 0.00000420. The number of rotatable bonds is 6. The van der Waals surface area contributed by atoms with Gasteiger partial charge in [0.1, 0.15) is 11.8 Å². The molecular formula is C29H32ClN5O4. The Bertz CT molecular complexity index is 1450. The Hall–Kier alpha value is -4.13. The maximum absolute atomic E-state index is 14.3. The number of nitriles is 1. The number of amides is 3. The number of hydrogen-bond acceptors (Lipinski definition) is 6. The van der Waals surface area contributed by atoms with Crippen molar-refractivity contribution in [1.82, 2.24) is 10.6 Å². The van der Waals surface area contributed by atoms with Gasteiger partial charge in [0.2, 0.25) is 11.8 Å². The quantitative estimate of drug-likeness (QED) is 0.486. The van der Waals surface area contributed by atoms with Gasteiger partial charge in [-0.3, -0.25) is 14.4 Å². The number of methoxy groups -OCH3 is 1. The van der Waals surface area contributed by atoms with Crippen LogP contribution < -0.4 is 25.2 Å². The summed E-state index contributed by atoms with van der Waals surface area (Å²) in [6.45, 7) is 4.94. The number of ether oxygens (including phenoxy) is 1. The summed E-state index contributed by atoms with van der Waals surface area (Å²) in [5.41, 5.74) is 2.02. The molecule has 3 amide bonds. The van der Waals surface area contributed by atoms with Crippen LogP contribution in [0, 0.1) is 11.3 Å². The number of carbonyl (C=O) groups is 3. The fourth-order valence-electron chi connectivity index (χ4n) is 4.92. The molecule has 1 aliphatic heterocycles. The van der Waals surface area contributed by atoms with E-state index in [1.807, 2.05) is 36.4 Å². The van der Waals surface area contributed by atoms with Gasteiger partial charge in [-0.1, -0.05) is 30.3 Å². The molecular weight excluding hydrogens is 518 g/mol. The van der Waals surface area contributed by atoms with E-state index >= 15 is 0 Å². The van der Waals surface area contributed by atoms with Crippen LogP contribution >= 0.6 is 12.4 Å². The smallest absolute Gasteiger partial charge is 0.252 e. The highest BCUT2D eigenvalue weighted by Gasteiger charge is 2.42. The maximum atomic E-state index is 14.3. The minimum atomic E-state index is -1.04. The van der Waals surface area contributed by atoms with Crippen LogP contribution in [0.4, 0.5) is 11.4 Å². The minimum Gasteiger partial charge on any atom is -0.496 e. The summed E-state index contributed by atoms with van der Waals surface area (Å²) in [5.74, 6) is -0.449. The lowest BCUT2D eigenvalue weighted by Crippen LogP contribution is -2.59. The van der Waals surface area contributed by atoms with E-state index in [1.165, 1.54) is 11.8 Å². The van der Waals surface area contributed by atoms with Crippen LogP contribution in [0.2, 0.25) is 0 Å². The first-order valence-corrected chi connectivity index (χ1v) is 12.4. The summed E-state index contributed by atoms with van der Waals surface area (Å²) < 4.78 is 5.68.